The van der Waals surface area contributed by atoms with Crippen LogP contribution in [0.5, 0.6) is 0 Å². The zero-order valence-corrected chi connectivity index (χ0v) is 9.52. The molecule has 0 unspecified atom stereocenters. The van der Waals surface area contributed by atoms with Gasteiger partial charge in [-0.25, -0.2) is 0 Å². The highest BCUT2D eigenvalue weighted by molar-refractivity contribution is 5.92. The molecule has 0 aromatic heterocycles. The maximum absolute atomic E-state index is 11.1. The maximum atomic E-state index is 11.1. The van der Waals surface area contributed by atoms with Crippen molar-refractivity contribution in [3.8, 4) is 0 Å². The van der Waals surface area contributed by atoms with Gasteiger partial charge in [-0.05, 0) is 19.8 Å². The highest BCUT2D eigenvalue weighted by atomic mass is 16.1. The lowest BCUT2D eigenvalue weighted by molar-refractivity contribution is -0.117. The minimum Gasteiger partial charge on any atom is -0.351 e. The second-order valence-corrected chi connectivity index (χ2v) is 3.50. The molecule has 0 saturated heterocycles. The fourth-order valence-electron chi connectivity index (χ4n) is 1.18. The van der Waals surface area contributed by atoms with Gasteiger partial charge in [0.25, 0.3) is 0 Å². The van der Waals surface area contributed by atoms with Crippen molar-refractivity contribution in [1.82, 2.24) is 10.6 Å². The summed E-state index contributed by atoms with van der Waals surface area (Å²) >= 11 is 0. The Morgan fingerprint density at radius 3 is 2.29 bits per heavy atom. The van der Waals surface area contributed by atoms with Crippen LogP contribution in [0.3, 0.4) is 0 Å². The van der Waals surface area contributed by atoms with E-state index in [9.17, 15) is 4.79 Å². The Balaban J connectivity index is 3.46. The van der Waals surface area contributed by atoms with Crippen LogP contribution in [0.2, 0.25) is 0 Å². The van der Waals surface area contributed by atoms with Crippen LogP contribution in [-0.4, -0.2) is 25.0 Å². The number of carbonyl (C=O) groups is 1. The predicted molar refractivity (Wildman–Crippen MR) is 60.2 cm³/mol. The first-order valence-electron chi connectivity index (χ1n) is 5.28. The van der Waals surface area contributed by atoms with Gasteiger partial charge in [-0.3, -0.25) is 4.79 Å². The van der Waals surface area contributed by atoms with Crippen LogP contribution in [0.15, 0.2) is 12.2 Å². The second kappa shape index (κ2) is 7.56. The summed E-state index contributed by atoms with van der Waals surface area (Å²) in [4.78, 5) is 11.1. The van der Waals surface area contributed by atoms with Crippen LogP contribution in [0, 0.1) is 0 Å². The van der Waals surface area contributed by atoms with Gasteiger partial charge >= 0.3 is 0 Å². The van der Waals surface area contributed by atoms with E-state index in [2.05, 4.69) is 31.1 Å². The Bertz CT molecular complexity index is 186. The summed E-state index contributed by atoms with van der Waals surface area (Å²) < 4.78 is 0. The third-order valence-corrected chi connectivity index (χ3v) is 2.22. The van der Waals surface area contributed by atoms with Crippen LogP contribution in [0.4, 0.5) is 0 Å². The smallest absolute Gasteiger partial charge is 0.246 e. The molecule has 0 atom stereocenters. The summed E-state index contributed by atoms with van der Waals surface area (Å²) in [6.07, 6.45) is 2.26. The molecule has 0 heterocycles. The van der Waals surface area contributed by atoms with Gasteiger partial charge in [-0.15, -0.1) is 0 Å². The van der Waals surface area contributed by atoms with Gasteiger partial charge in [0.1, 0.15) is 0 Å². The van der Waals surface area contributed by atoms with Crippen molar-refractivity contribution in [3.05, 3.63) is 12.2 Å². The number of nitrogens with one attached hydrogen (secondary N) is 2. The van der Waals surface area contributed by atoms with Crippen LogP contribution in [0.25, 0.3) is 0 Å². The molecule has 0 aliphatic carbocycles. The zero-order chi connectivity index (χ0) is 11.0. The third-order valence-electron chi connectivity index (χ3n) is 2.22. The maximum Gasteiger partial charge on any atom is 0.246 e. The minimum atomic E-state index is -0.0589. The van der Waals surface area contributed by atoms with E-state index in [1.54, 1.807) is 6.92 Å². The molecule has 0 rings (SSSR count). The van der Waals surface area contributed by atoms with Crippen molar-refractivity contribution in [2.45, 2.75) is 39.7 Å². The molecule has 1 amide bonds. The molecule has 0 fully saturated rings. The van der Waals surface area contributed by atoms with Crippen LogP contribution < -0.4 is 10.6 Å². The molecule has 0 aromatic carbocycles. The molecule has 0 bridgehead atoms. The van der Waals surface area contributed by atoms with Gasteiger partial charge in [-0.1, -0.05) is 20.4 Å². The number of hydrogen-bond acceptors (Lipinski definition) is 2. The molecule has 14 heavy (non-hydrogen) atoms. The molecule has 3 heteroatoms. The van der Waals surface area contributed by atoms with Crippen LogP contribution in [0.1, 0.15) is 33.6 Å². The van der Waals surface area contributed by atoms with Gasteiger partial charge in [0, 0.05) is 24.7 Å². The molecule has 0 aliphatic rings. The Hall–Kier alpha value is -0.830. The van der Waals surface area contributed by atoms with Gasteiger partial charge in [0.05, 0.1) is 0 Å². The Morgan fingerprint density at radius 1 is 1.29 bits per heavy atom. The van der Waals surface area contributed by atoms with Crippen LogP contribution >= 0.6 is 0 Å². The lowest BCUT2D eigenvalue weighted by Crippen LogP contribution is -2.36. The van der Waals surface area contributed by atoms with Gasteiger partial charge < -0.3 is 10.6 Å². The van der Waals surface area contributed by atoms with Crippen LogP contribution in [-0.2, 0) is 4.79 Å². The van der Waals surface area contributed by atoms with Crippen molar-refractivity contribution in [2.24, 2.45) is 0 Å². The molecule has 2 N–H and O–H groups in total. The van der Waals surface area contributed by atoms with Gasteiger partial charge in [0.15, 0.2) is 0 Å². The Morgan fingerprint density at radius 2 is 1.86 bits per heavy atom. The fraction of sp³-hybridized carbons (Fsp3) is 0.727. The Kier molecular flexibility index (Phi) is 7.11. The summed E-state index contributed by atoms with van der Waals surface area (Å²) in [6, 6.07) is 0.566. The summed E-state index contributed by atoms with van der Waals surface area (Å²) in [7, 11) is 0. The van der Waals surface area contributed by atoms with E-state index < -0.39 is 0 Å². The average Bonchev–Trinajstić information content (AvgIpc) is 2.17. The van der Waals surface area contributed by atoms with Gasteiger partial charge in [0.2, 0.25) is 5.91 Å². The van der Waals surface area contributed by atoms with E-state index in [0.717, 1.165) is 19.4 Å². The van der Waals surface area contributed by atoms with Crippen molar-refractivity contribution < 1.29 is 4.79 Å². The summed E-state index contributed by atoms with van der Waals surface area (Å²) in [5.74, 6) is -0.0589. The molecular formula is C11H22N2O. The highest BCUT2D eigenvalue weighted by Gasteiger charge is 2.02. The monoisotopic (exact) mass is 198 g/mol. The van der Waals surface area contributed by atoms with Gasteiger partial charge in [-0.2, -0.15) is 0 Å². The van der Waals surface area contributed by atoms with E-state index in [4.69, 9.17) is 0 Å². The topological polar surface area (TPSA) is 41.1 Å². The first-order valence-corrected chi connectivity index (χ1v) is 5.28. The molecule has 0 radical (unpaired) electrons. The molecule has 3 nitrogen and oxygen atoms in total. The standard InChI is InChI=1S/C11H22N2O/c1-5-10(6-2)12-7-8-13-11(14)9(3)4/h10,12H,3,5-8H2,1-2,4H3,(H,13,14). The quantitative estimate of drug-likeness (QED) is 0.480. The lowest BCUT2D eigenvalue weighted by atomic mass is 10.2. The highest BCUT2D eigenvalue weighted by Crippen LogP contribution is 1.94. The third kappa shape index (κ3) is 5.75. The molecular weight excluding hydrogens is 176 g/mol. The first-order chi connectivity index (χ1) is 6.61. The fourth-order valence-corrected chi connectivity index (χ4v) is 1.18. The summed E-state index contributed by atoms with van der Waals surface area (Å²) in [5.41, 5.74) is 0.563. The number of rotatable bonds is 7. The molecule has 0 saturated carbocycles. The second-order valence-electron chi connectivity index (χ2n) is 3.50. The SMILES string of the molecule is C=C(C)C(=O)NCCNC(CC)CC. The molecule has 0 spiro atoms. The van der Waals surface area contributed by atoms with E-state index in [0.29, 0.717) is 18.2 Å². The first kappa shape index (κ1) is 13.2. The van der Waals surface area contributed by atoms with Crippen molar-refractivity contribution >= 4 is 5.91 Å². The molecule has 0 aliphatic heterocycles. The van der Waals surface area contributed by atoms with E-state index in [1.165, 1.54) is 0 Å². The Labute approximate surface area is 87.0 Å². The zero-order valence-electron chi connectivity index (χ0n) is 9.52. The van der Waals surface area contributed by atoms with E-state index in [1.807, 2.05) is 0 Å². The van der Waals surface area contributed by atoms with E-state index in [-0.39, 0.29) is 5.91 Å². The average molecular weight is 198 g/mol. The van der Waals surface area contributed by atoms with Crippen molar-refractivity contribution in [3.63, 3.8) is 0 Å². The molecule has 0 aromatic rings. The predicted octanol–water partition coefficient (Wildman–Crippen LogP) is 1.46. The number of carbonyl (C=O) groups excluding carboxylic acids is 1. The molecule has 82 valence electrons. The summed E-state index contributed by atoms with van der Waals surface area (Å²) in [5, 5.41) is 6.15. The largest absolute Gasteiger partial charge is 0.351 e. The van der Waals surface area contributed by atoms with Crippen molar-refractivity contribution in [2.75, 3.05) is 13.1 Å². The van der Waals surface area contributed by atoms with Crippen molar-refractivity contribution in [1.29, 1.82) is 0 Å². The number of hydrogen-bond donors (Lipinski definition) is 2. The lowest BCUT2D eigenvalue weighted by Gasteiger charge is -2.14. The minimum absolute atomic E-state index is 0.0589. The number of amides is 1. The van der Waals surface area contributed by atoms with E-state index >= 15 is 0 Å². The summed E-state index contributed by atoms with van der Waals surface area (Å²) in [6.45, 7) is 11.1. The normalized spacial score (nSPS) is 10.3.